The van der Waals surface area contributed by atoms with Crippen LogP contribution in [-0.4, -0.2) is 56.8 Å². The number of imidazole rings is 1. The van der Waals surface area contributed by atoms with Crippen molar-refractivity contribution in [3.05, 3.63) is 54.1 Å². The van der Waals surface area contributed by atoms with Crippen LogP contribution in [0.15, 0.2) is 42.7 Å². The number of aryl methyl sites for hydroxylation is 2. The minimum Gasteiger partial charge on any atom is -0.368 e. The third kappa shape index (κ3) is 4.95. The number of hydrogen-bond acceptors (Lipinski definition) is 4. The van der Waals surface area contributed by atoms with Gasteiger partial charge in [0.1, 0.15) is 11.9 Å². The molecular formula is C20H27N5O2. The summed E-state index contributed by atoms with van der Waals surface area (Å²) in [6.07, 6.45) is 4.90. The van der Waals surface area contributed by atoms with Crippen LogP contribution >= 0.6 is 0 Å². The van der Waals surface area contributed by atoms with Gasteiger partial charge in [0, 0.05) is 51.5 Å². The predicted molar refractivity (Wildman–Crippen MR) is 103 cm³/mol. The predicted octanol–water partition coefficient (Wildman–Crippen LogP) is 1.17. The summed E-state index contributed by atoms with van der Waals surface area (Å²) in [5, 5.41) is 0. The molecule has 144 valence electrons. The van der Waals surface area contributed by atoms with Crippen molar-refractivity contribution in [2.24, 2.45) is 5.73 Å². The van der Waals surface area contributed by atoms with Crippen LogP contribution in [0, 0.1) is 6.92 Å². The third-order valence-corrected chi connectivity index (χ3v) is 5.11. The van der Waals surface area contributed by atoms with Crippen molar-refractivity contribution in [3.8, 4) is 0 Å². The van der Waals surface area contributed by atoms with E-state index in [0.717, 1.165) is 24.4 Å². The second-order valence-electron chi connectivity index (χ2n) is 6.99. The molecule has 1 atom stereocenters. The minimum absolute atomic E-state index is 0.0818. The number of nitrogens with two attached hydrogens (primary N) is 1. The first-order valence-electron chi connectivity index (χ1n) is 9.37. The zero-order valence-corrected chi connectivity index (χ0v) is 15.8. The maximum atomic E-state index is 12.6. The Balaban J connectivity index is 1.53. The van der Waals surface area contributed by atoms with Crippen molar-refractivity contribution in [1.29, 1.82) is 0 Å². The molecule has 0 bridgehead atoms. The molecule has 1 aliphatic heterocycles. The Bertz CT molecular complexity index is 774. The van der Waals surface area contributed by atoms with Gasteiger partial charge in [0.15, 0.2) is 0 Å². The highest BCUT2D eigenvalue weighted by Crippen LogP contribution is 2.15. The summed E-state index contributed by atoms with van der Waals surface area (Å²) in [7, 11) is 0. The molecule has 7 nitrogen and oxygen atoms in total. The molecule has 1 fully saturated rings. The lowest BCUT2D eigenvalue weighted by atomic mass is 10.1. The van der Waals surface area contributed by atoms with Gasteiger partial charge in [-0.15, -0.1) is 0 Å². The maximum absolute atomic E-state index is 12.6. The lowest BCUT2D eigenvalue weighted by Crippen LogP contribution is -2.58. The Morgan fingerprint density at radius 1 is 1.22 bits per heavy atom. The molecule has 1 saturated heterocycles. The number of benzene rings is 1. The summed E-state index contributed by atoms with van der Waals surface area (Å²) >= 11 is 0. The molecule has 1 aromatic heterocycles. The molecule has 0 spiro atoms. The van der Waals surface area contributed by atoms with Crippen molar-refractivity contribution < 1.29 is 9.59 Å². The highest BCUT2D eigenvalue weighted by atomic mass is 16.2. The first kappa shape index (κ1) is 19.1. The first-order valence-corrected chi connectivity index (χ1v) is 9.37. The Morgan fingerprint density at radius 3 is 2.67 bits per heavy atom. The molecule has 1 aromatic carbocycles. The number of rotatable bonds is 7. The molecule has 3 rings (SSSR count). The molecular weight excluding hydrogens is 342 g/mol. The SMILES string of the molecule is Cc1nccn1CCCC(=O)N1CCN(Cc2ccccc2)[C@@H](C(N)=O)C1. The van der Waals surface area contributed by atoms with Crippen LogP contribution < -0.4 is 5.73 Å². The second-order valence-corrected chi connectivity index (χ2v) is 6.99. The van der Waals surface area contributed by atoms with Gasteiger partial charge in [-0.3, -0.25) is 14.5 Å². The van der Waals surface area contributed by atoms with Crippen LogP contribution in [0.3, 0.4) is 0 Å². The fourth-order valence-electron chi connectivity index (χ4n) is 3.52. The van der Waals surface area contributed by atoms with E-state index in [2.05, 4.69) is 9.88 Å². The molecule has 2 N–H and O–H groups in total. The highest BCUT2D eigenvalue weighted by Gasteiger charge is 2.32. The molecule has 7 heteroatoms. The number of piperazine rings is 1. The molecule has 1 aliphatic rings. The second kappa shape index (κ2) is 8.81. The minimum atomic E-state index is -0.446. The number of amides is 2. The van der Waals surface area contributed by atoms with Crippen LogP contribution in [0.4, 0.5) is 0 Å². The molecule has 0 aliphatic carbocycles. The van der Waals surface area contributed by atoms with Gasteiger partial charge in [-0.1, -0.05) is 30.3 Å². The Labute approximate surface area is 159 Å². The van der Waals surface area contributed by atoms with Crippen molar-refractivity contribution >= 4 is 11.8 Å². The van der Waals surface area contributed by atoms with Crippen LogP contribution in [0.25, 0.3) is 0 Å². The van der Waals surface area contributed by atoms with Gasteiger partial charge in [0.05, 0.1) is 0 Å². The smallest absolute Gasteiger partial charge is 0.236 e. The fourth-order valence-corrected chi connectivity index (χ4v) is 3.52. The van der Waals surface area contributed by atoms with Gasteiger partial charge in [-0.2, -0.15) is 0 Å². The summed E-state index contributed by atoms with van der Waals surface area (Å²) in [6.45, 7) is 5.02. The van der Waals surface area contributed by atoms with Gasteiger partial charge >= 0.3 is 0 Å². The number of aromatic nitrogens is 2. The van der Waals surface area contributed by atoms with Crippen molar-refractivity contribution in [3.63, 3.8) is 0 Å². The number of carbonyl (C=O) groups is 2. The number of carbonyl (C=O) groups excluding carboxylic acids is 2. The van der Waals surface area contributed by atoms with E-state index >= 15 is 0 Å². The average molecular weight is 369 g/mol. The largest absolute Gasteiger partial charge is 0.368 e. The molecule has 0 saturated carbocycles. The lowest BCUT2D eigenvalue weighted by Gasteiger charge is -2.40. The summed E-state index contributed by atoms with van der Waals surface area (Å²) in [6, 6.07) is 9.56. The van der Waals surface area contributed by atoms with Gasteiger partial charge < -0.3 is 15.2 Å². The Kier molecular flexibility index (Phi) is 6.24. The summed E-state index contributed by atoms with van der Waals surface area (Å²) < 4.78 is 2.04. The van der Waals surface area contributed by atoms with E-state index < -0.39 is 6.04 Å². The normalized spacial score (nSPS) is 17.8. The zero-order valence-electron chi connectivity index (χ0n) is 15.8. The van der Waals surface area contributed by atoms with Gasteiger partial charge in [-0.25, -0.2) is 4.98 Å². The topological polar surface area (TPSA) is 84.5 Å². The quantitative estimate of drug-likeness (QED) is 0.794. The average Bonchev–Trinajstić information content (AvgIpc) is 3.07. The van der Waals surface area contributed by atoms with E-state index in [4.69, 9.17) is 5.73 Å². The summed E-state index contributed by atoms with van der Waals surface area (Å²) in [5.74, 6) is 0.654. The van der Waals surface area contributed by atoms with Crippen LogP contribution in [0.2, 0.25) is 0 Å². The number of primary amides is 1. The van der Waals surface area contributed by atoms with Crippen molar-refractivity contribution in [2.75, 3.05) is 19.6 Å². The molecule has 2 aromatic rings. The van der Waals surface area contributed by atoms with Gasteiger partial charge in [0.2, 0.25) is 11.8 Å². The summed E-state index contributed by atoms with van der Waals surface area (Å²) in [5.41, 5.74) is 6.76. The van der Waals surface area contributed by atoms with Crippen LogP contribution in [0.1, 0.15) is 24.2 Å². The monoisotopic (exact) mass is 369 g/mol. The molecule has 0 radical (unpaired) electrons. The van der Waals surface area contributed by atoms with E-state index in [-0.39, 0.29) is 11.8 Å². The molecule has 27 heavy (non-hydrogen) atoms. The van der Waals surface area contributed by atoms with E-state index in [1.807, 2.05) is 48.0 Å². The Hall–Kier alpha value is -2.67. The van der Waals surface area contributed by atoms with Crippen LogP contribution in [-0.2, 0) is 22.7 Å². The zero-order chi connectivity index (χ0) is 19.2. The lowest BCUT2D eigenvalue weighted by molar-refractivity contribution is -0.137. The van der Waals surface area contributed by atoms with Crippen LogP contribution in [0.5, 0.6) is 0 Å². The van der Waals surface area contributed by atoms with Crippen molar-refractivity contribution in [1.82, 2.24) is 19.4 Å². The maximum Gasteiger partial charge on any atom is 0.236 e. The summed E-state index contributed by atoms with van der Waals surface area (Å²) in [4.78, 5) is 32.6. The molecule has 2 amide bonds. The van der Waals surface area contributed by atoms with E-state index in [1.54, 1.807) is 11.1 Å². The first-order chi connectivity index (χ1) is 13.0. The molecule has 0 unspecified atom stereocenters. The fraction of sp³-hybridized carbons (Fsp3) is 0.450. The van der Waals surface area contributed by atoms with E-state index in [0.29, 0.717) is 32.6 Å². The van der Waals surface area contributed by atoms with Gasteiger partial charge in [0.25, 0.3) is 0 Å². The van der Waals surface area contributed by atoms with Crippen molar-refractivity contribution in [2.45, 2.75) is 38.9 Å². The molecule has 2 heterocycles. The van der Waals surface area contributed by atoms with E-state index in [1.165, 1.54) is 0 Å². The standard InChI is InChI=1S/C20H27N5O2/c1-16-22-9-11-23(16)10-5-8-19(26)25-13-12-24(18(15-25)20(21)27)14-17-6-3-2-4-7-17/h2-4,6-7,9,11,18H,5,8,10,12-15H2,1H3,(H2,21,27)/t18-/m1/s1. The highest BCUT2D eigenvalue weighted by molar-refractivity contribution is 5.82. The Morgan fingerprint density at radius 2 is 2.00 bits per heavy atom. The number of nitrogens with zero attached hydrogens (tertiary/aromatic N) is 4. The third-order valence-electron chi connectivity index (χ3n) is 5.11. The van der Waals surface area contributed by atoms with E-state index in [9.17, 15) is 9.59 Å². The number of hydrogen-bond donors (Lipinski definition) is 1. The van der Waals surface area contributed by atoms with Gasteiger partial charge in [-0.05, 0) is 18.9 Å².